The molecule has 0 aliphatic heterocycles. The molecule has 0 spiro atoms. The summed E-state index contributed by atoms with van der Waals surface area (Å²) in [6.07, 6.45) is 0. The van der Waals surface area contributed by atoms with Gasteiger partial charge in [0.1, 0.15) is 5.82 Å². The number of benzene rings is 2. The van der Waals surface area contributed by atoms with Crippen molar-refractivity contribution in [2.45, 2.75) is 13.8 Å². The van der Waals surface area contributed by atoms with Gasteiger partial charge < -0.3 is 5.73 Å². The van der Waals surface area contributed by atoms with Crippen molar-refractivity contribution in [3.63, 3.8) is 0 Å². The van der Waals surface area contributed by atoms with Crippen LogP contribution in [0.3, 0.4) is 0 Å². The van der Waals surface area contributed by atoms with E-state index in [9.17, 15) is 9.18 Å². The summed E-state index contributed by atoms with van der Waals surface area (Å²) < 4.78 is 14.6. The number of anilines is 1. The number of nitrogen functional groups attached to an aromatic ring is 1. The summed E-state index contributed by atoms with van der Waals surface area (Å²) in [6.45, 7) is 3.53. The van der Waals surface area contributed by atoms with Crippen molar-refractivity contribution in [1.29, 1.82) is 0 Å². The van der Waals surface area contributed by atoms with E-state index in [4.69, 9.17) is 5.73 Å². The van der Waals surface area contributed by atoms with Gasteiger partial charge in [0.05, 0.1) is 5.56 Å². The van der Waals surface area contributed by atoms with E-state index in [1.165, 1.54) is 6.07 Å². The summed E-state index contributed by atoms with van der Waals surface area (Å²) in [5.41, 5.74) is 8.17. The molecule has 0 heterocycles. The molecule has 2 N–H and O–H groups in total. The lowest BCUT2D eigenvalue weighted by molar-refractivity contribution is 0.103. The van der Waals surface area contributed by atoms with Crippen molar-refractivity contribution in [3.05, 3.63) is 62.9 Å². The molecule has 4 heteroatoms. The first-order valence-electron chi connectivity index (χ1n) is 5.76. The quantitative estimate of drug-likeness (QED) is 0.670. The normalized spacial score (nSPS) is 10.5. The van der Waals surface area contributed by atoms with Crippen LogP contribution in [0.15, 0.2) is 34.8 Å². The van der Waals surface area contributed by atoms with Crippen LogP contribution < -0.4 is 5.73 Å². The first-order chi connectivity index (χ1) is 8.90. The highest BCUT2D eigenvalue weighted by atomic mass is 79.9. The predicted octanol–water partition coefficient (Wildman–Crippen LogP) is 4.02. The molecule has 2 aromatic carbocycles. The van der Waals surface area contributed by atoms with E-state index >= 15 is 0 Å². The van der Waals surface area contributed by atoms with Gasteiger partial charge in [0.15, 0.2) is 5.78 Å². The number of halogens is 2. The Morgan fingerprint density at radius 3 is 2.47 bits per heavy atom. The van der Waals surface area contributed by atoms with Gasteiger partial charge in [-0.2, -0.15) is 0 Å². The molecule has 2 nitrogen and oxygen atoms in total. The maximum atomic E-state index is 14.0. The van der Waals surface area contributed by atoms with Crippen molar-refractivity contribution in [3.8, 4) is 0 Å². The average Bonchev–Trinajstić information content (AvgIpc) is 2.31. The molecule has 0 aliphatic carbocycles. The first-order valence-corrected chi connectivity index (χ1v) is 6.56. The summed E-state index contributed by atoms with van der Waals surface area (Å²) in [7, 11) is 0. The Morgan fingerprint density at radius 1 is 1.21 bits per heavy atom. The zero-order valence-corrected chi connectivity index (χ0v) is 12.2. The molecule has 0 unspecified atom stereocenters. The molecule has 0 saturated carbocycles. The summed E-state index contributed by atoms with van der Waals surface area (Å²) in [6, 6.07) is 7.99. The van der Waals surface area contributed by atoms with Gasteiger partial charge >= 0.3 is 0 Å². The second kappa shape index (κ2) is 5.13. The second-order valence-electron chi connectivity index (χ2n) is 4.50. The number of nitrogens with two attached hydrogens (primary N) is 1. The van der Waals surface area contributed by atoms with Crippen LogP contribution in [-0.4, -0.2) is 5.78 Å². The standard InChI is InChI=1S/C15H13BrFNO/c1-8-5-9(2)14(12(17)6-8)15(19)10-3-4-13(18)11(16)7-10/h3-7H,18H2,1-2H3. The highest BCUT2D eigenvalue weighted by Crippen LogP contribution is 2.24. The van der Waals surface area contributed by atoms with Gasteiger partial charge in [-0.25, -0.2) is 4.39 Å². The number of aryl methyl sites for hydroxylation is 2. The van der Waals surface area contributed by atoms with Crippen molar-refractivity contribution >= 4 is 27.4 Å². The Bertz CT molecular complexity index is 644. The maximum absolute atomic E-state index is 14.0. The molecular formula is C15H13BrFNO. The SMILES string of the molecule is Cc1cc(C)c(C(=O)c2ccc(N)c(Br)c2)c(F)c1. The highest BCUT2D eigenvalue weighted by molar-refractivity contribution is 9.10. The number of rotatable bonds is 2. The smallest absolute Gasteiger partial charge is 0.196 e. The topological polar surface area (TPSA) is 43.1 Å². The minimum absolute atomic E-state index is 0.113. The van der Waals surface area contributed by atoms with Crippen LogP contribution in [-0.2, 0) is 0 Å². The van der Waals surface area contributed by atoms with Gasteiger partial charge in [0, 0.05) is 15.7 Å². The summed E-state index contributed by atoms with van der Waals surface area (Å²) in [4.78, 5) is 12.4. The van der Waals surface area contributed by atoms with E-state index in [1.807, 2.05) is 0 Å². The van der Waals surface area contributed by atoms with Crippen molar-refractivity contribution in [1.82, 2.24) is 0 Å². The predicted molar refractivity (Wildman–Crippen MR) is 77.9 cm³/mol. The summed E-state index contributed by atoms with van der Waals surface area (Å²) in [5, 5.41) is 0. The number of ketones is 1. The van der Waals surface area contributed by atoms with Gasteiger partial charge in [-0.1, -0.05) is 6.07 Å². The molecule has 2 aromatic rings. The molecule has 0 radical (unpaired) electrons. The molecule has 2 rings (SSSR count). The molecule has 0 atom stereocenters. The molecule has 0 fully saturated rings. The lowest BCUT2D eigenvalue weighted by Crippen LogP contribution is -2.07. The third kappa shape index (κ3) is 2.68. The third-order valence-corrected chi connectivity index (χ3v) is 3.61. The molecule has 98 valence electrons. The molecule has 0 amide bonds. The fraction of sp³-hybridized carbons (Fsp3) is 0.133. The van der Waals surface area contributed by atoms with Gasteiger partial charge in [0.25, 0.3) is 0 Å². The molecular weight excluding hydrogens is 309 g/mol. The second-order valence-corrected chi connectivity index (χ2v) is 5.36. The minimum atomic E-state index is -0.490. The zero-order valence-electron chi connectivity index (χ0n) is 10.6. The molecule has 0 bridgehead atoms. The number of hydrogen-bond donors (Lipinski definition) is 1. The maximum Gasteiger partial charge on any atom is 0.196 e. The minimum Gasteiger partial charge on any atom is -0.398 e. The Kier molecular flexibility index (Phi) is 3.71. The Balaban J connectivity index is 2.53. The van der Waals surface area contributed by atoms with Crippen molar-refractivity contribution < 1.29 is 9.18 Å². The molecule has 0 saturated heterocycles. The fourth-order valence-corrected chi connectivity index (χ4v) is 2.39. The average molecular weight is 322 g/mol. The van der Waals surface area contributed by atoms with E-state index in [0.717, 1.165) is 5.56 Å². The van der Waals surface area contributed by atoms with E-state index in [2.05, 4.69) is 15.9 Å². The van der Waals surface area contributed by atoms with Crippen molar-refractivity contribution in [2.75, 3.05) is 5.73 Å². The van der Waals surface area contributed by atoms with E-state index in [0.29, 0.717) is 21.3 Å². The van der Waals surface area contributed by atoms with Crippen LogP contribution >= 0.6 is 15.9 Å². The highest BCUT2D eigenvalue weighted by Gasteiger charge is 2.17. The third-order valence-electron chi connectivity index (χ3n) is 2.92. The monoisotopic (exact) mass is 321 g/mol. The van der Waals surface area contributed by atoms with Crippen molar-refractivity contribution in [2.24, 2.45) is 0 Å². The van der Waals surface area contributed by atoms with Gasteiger partial charge in [0.2, 0.25) is 0 Å². The van der Waals surface area contributed by atoms with Crippen LogP contribution in [0.4, 0.5) is 10.1 Å². The number of hydrogen-bond acceptors (Lipinski definition) is 2. The van der Waals surface area contributed by atoms with Crippen LogP contribution in [0.2, 0.25) is 0 Å². The number of carbonyl (C=O) groups excluding carboxylic acids is 1. The van der Waals surface area contributed by atoms with E-state index in [-0.39, 0.29) is 11.3 Å². The lowest BCUT2D eigenvalue weighted by atomic mass is 9.97. The Hall–Kier alpha value is -1.68. The van der Waals surface area contributed by atoms with Crippen LogP contribution in [0.25, 0.3) is 0 Å². The molecule has 0 aromatic heterocycles. The van der Waals surface area contributed by atoms with Crippen LogP contribution in [0, 0.1) is 19.7 Å². The summed E-state index contributed by atoms with van der Waals surface area (Å²) in [5.74, 6) is -0.828. The number of carbonyl (C=O) groups is 1. The van der Waals surface area contributed by atoms with Crippen LogP contribution in [0.1, 0.15) is 27.0 Å². The van der Waals surface area contributed by atoms with Gasteiger partial charge in [-0.3, -0.25) is 4.79 Å². The first kappa shape index (κ1) is 13.7. The molecule has 0 aliphatic rings. The Labute approximate surface area is 119 Å². The Morgan fingerprint density at radius 2 is 1.89 bits per heavy atom. The van der Waals surface area contributed by atoms with Crippen LogP contribution in [0.5, 0.6) is 0 Å². The van der Waals surface area contributed by atoms with Gasteiger partial charge in [-0.05, 0) is 65.2 Å². The van der Waals surface area contributed by atoms with Gasteiger partial charge in [-0.15, -0.1) is 0 Å². The summed E-state index contributed by atoms with van der Waals surface area (Å²) >= 11 is 3.26. The zero-order chi connectivity index (χ0) is 14.2. The largest absolute Gasteiger partial charge is 0.398 e. The fourth-order valence-electron chi connectivity index (χ4n) is 2.02. The lowest BCUT2D eigenvalue weighted by Gasteiger charge is -2.09. The molecule has 19 heavy (non-hydrogen) atoms. The van der Waals surface area contributed by atoms with E-state index < -0.39 is 5.82 Å². The van der Waals surface area contributed by atoms with E-state index in [1.54, 1.807) is 38.1 Å².